The Balaban J connectivity index is 2.21. The Morgan fingerprint density at radius 1 is 1.11 bits per heavy atom. The van der Waals surface area contributed by atoms with Crippen LogP contribution in [0.15, 0.2) is 45.8 Å². The number of rotatable bonds is 2. The van der Waals surface area contributed by atoms with Gasteiger partial charge in [0.25, 0.3) is 0 Å². The number of carbonyl (C=O) groups excluding carboxylic acids is 1. The predicted molar refractivity (Wildman–Crippen MR) is 75.0 cm³/mol. The second-order valence-corrected chi connectivity index (χ2v) is 5.29. The molecule has 0 saturated carbocycles. The van der Waals surface area contributed by atoms with Crippen molar-refractivity contribution in [2.75, 3.05) is 0 Å². The second kappa shape index (κ2) is 4.59. The van der Waals surface area contributed by atoms with Crippen molar-refractivity contribution in [3.8, 4) is 0 Å². The minimum atomic E-state index is -0.0331. The first-order chi connectivity index (χ1) is 8.77. The number of hydrogen-bond acceptors (Lipinski definition) is 4. The van der Waals surface area contributed by atoms with Crippen molar-refractivity contribution in [3.63, 3.8) is 0 Å². The molecule has 18 heavy (non-hydrogen) atoms. The highest BCUT2D eigenvalue weighted by atomic mass is 79.9. The molecule has 0 fully saturated rings. The Labute approximate surface area is 116 Å². The maximum atomic E-state index is 12.5. The summed E-state index contributed by atoms with van der Waals surface area (Å²) in [6.45, 7) is 0. The van der Waals surface area contributed by atoms with Crippen LogP contribution in [0, 0.1) is 0 Å². The molecule has 0 radical (unpaired) electrons. The van der Waals surface area contributed by atoms with Gasteiger partial charge in [-0.25, -0.2) is 0 Å². The summed E-state index contributed by atoms with van der Waals surface area (Å²) in [6.07, 6.45) is 3.22. The first kappa shape index (κ1) is 11.5. The Kier molecular flexibility index (Phi) is 2.93. The third-order valence-corrected chi connectivity index (χ3v) is 4.31. The largest absolute Gasteiger partial charge is 0.288 e. The van der Waals surface area contributed by atoms with Gasteiger partial charge in [0.15, 0.2) is 5.78 Å². The van der Waals surface area contributed by atoms with Crippen LogP contribution in [0.5, 0.6) is 0 Å². The van der Waals surface area contributed by atoms with Gasteiger partial charge in [-0.2, -0.15) is 11.3 Å². The van der Waals surface area contributed by atoms with Gasteiger partial charge in [-0.15, -0.1) is 0 Å². The van der Waals surface area contributed by atoms with Crippen LogP contribution in [0.25, 0.3) is 11.0 Å². The number of carbonyl (C=O) groups is 1. The van der Waals surface area contributed by atoms with Crippen LogP contribution >= 0.6 is 27.3 Å². The molecular formula is C13H7BrN2OS. The summed E-state index contributed by atoms with van der Waals surface area (Å²) in [5.74, 6) is -0.0331. The molecule has 2 heterocycles. The standard InChI is InChI=1S/C13H7BrN2OS/c14-10-7-18-6-9(10)13(17)8-2-1-3-11-12(8)16-5-4-15-11/h1-7H. The molecule has 0 aliphatic heterocycles. The summed E-state index contributed by atoms with van der Waals surface area (Å²) in [5, 5.41) is 3.73. The van der Waals surface area contributed by atoms with E-state index < -0.39 is 0 Å². The molecule has 3 rings (SSSR count). The normalized spacial score (nSPS) is 10.7. The van der Waals surface area contributed by atoms with Crippen LogP contribution in [0.1, 0.15) is 15.9 Å². The average Bonchev–Trinajstić information content (AvgIpc) is 2.83. The van der Waals surface area contributed by atoms with Gasteiger partial charge in [0.05, 0.1) is 16.6 Å². The summed E-state index contributed by atoms with van der Waals surface area (Å²) in [6, 6.07) is 5.45. The first-order valence-corrected chi connectivity index (χ1v) is 6.97. The van der Waals surface area contributed by atoms with Crippen LogP contribution in [0.4, 0.5) is 0 Å². The van der Waals surface area contributed by atoms with Gasteiger partial charge in [0, 0.05) is 33.2 Å². The number of benzene rings is 1. The van der Waals surface area contributed by atoms with E-state index in [1.54, 1.807) is 18.5 Å². The number of hydrogen-bond donors (Lipinski definition) is 0. The highest BCUT2D eigenvalue weighted by Crippen LogP contribution is 2.26. The zero-order chi connectivity index (χ0) is 12.5. The van der Waals surface area contributed by atoms with Crippen molar-refractivity contribution >= 4 is 44.1 Å². The molecule has 0 aliphatic carbocycles. The summed E-state index contributed by atoms with van der Waals surface area (Å²) >= 11 is 4.87. The van der Waals surface area contributed by atoms with Crippen LogP contribution in [-0.4, -0.2) is 15.8 Å². The molecule has 1 aromatic carbocycles. The van der Waals surface area contributed by atoms with Gasteiger partial charge in [0.2, 0.25) is 0 Å². The fourth-order valence-electron chi connectivity index (χ4n) is 1.76. The van der Waals surface area contributed by atoms with Gasteiger partial charge in [-0.3, -0.25) is 14.8 Å². The van der Waals surface area contributed by atoms with Crippen LogP contribution < -0.4 is 0 Å². The first-order valence-electron chi connectivity index (χ1n) is 5.23. The quantitative estimate of drug-likeness (QED) is 0.677. The van der Waals surface area contributed by atoms with E-state index in [2.05, 4.69) is 25.9 Å². The molecule has 0 amide bonds. The number of fused-ring (bicyclic) bond motifs is 1. The molecule has 0 saturated heterocycles. The molecule has 2 aromatic heterocycles. The Bertz CT molecular complexity index is 733. The fraction of sp³-hybridized carbons (Fsp3) is 0. The third-order valence-electron chi connectivity index (χ3n) is 2.60. The lowest BCUT2D eigenvalue weighted by molar-refractivity contribution is 0.104. The highest BCUT2D eigenvalue weighted by molar-refractivity contribution is 9.10. The van der Waals surface area contributed by atoms with Crippen molar-refractivity contribution in [2.24, 2.45) is 0 Å². The van der Waals surface area contributed by atoms with Crippen molar-refractivity contribution in [2.45, 2.75) is 0 Å². The summed E-state index contributed by atoms with van der Waals surface area (Å²) < 4.78 is 0.818. The maximum Gasteiger partial charge on any atom is 0.197 e. The van der Waals surface area contributed by atoms with E-state index in [0.29, 0.717) is 16.6 Å². The predicted octanol–water partition coefficient (Wildman–Crippen LogP) is 3.68. The number of halogens is 1. The lowest BCUT2D eigenvalue weighted by atomic mass is 10.0. The lowest BCUT2D eigenvalue weighted by Gasteiger charge is -2.03. The molecule has 0 N–H and O–H groups in total. The Hall–Kier alpha value is -1.59. The SMILES string of the molecule is O=C(c1cscc1Br)c1cccc2nccnc12. The van der Waals surface area contributed by atoms with E-state index in [1.807, 2.05) is 22.9 Å². The monoisotopic (exact) mass is 318 g/mol. The highest BCUT2D eigenvalue weighted by Gasteiger charge is 2.16. The average molecular weight is 319 g/mol. The van der Waals surface area contributed by atoms with Gasteiger partial charge < -0.3 is 0 Å². The molecular weight excluding hydrogens is 312 g/mol. The van der Waals surface area contributed by atoms with Gasteiger partial charge >= 0.3 is 0 Å². The van der Waals surface area contributed by atoms with E-state index in [0.717, 1.165) is 9.99 Å². The van der Waals surface area contributed by atoms with E-state index >= 15 is 0 Å². The van der Waals surface area contributed by atoms with E-state index in [-0.39, 0.29) is 5.78 Å². The molecule has 0 aliphatic rings. The Morgan fingerprint density at radius 2 is 1.94 bits per heavy atom. The van der Waals surface area contributed by atoms with Gasteiger partial charge in [-0.1, -0.05) is 6.07 Å². The van der Waals surface area contributed by atoms with Gasteiger partial charge in [0.1, 0.15) is 0 Å². The van der Waals surface area contributed by atoms with Crippen LogP contribution in [-0.2, 0) is 0 Å². The maximum absolute atomic E-state index is 12.5. The van der Waals surface area contributed by atoms with Crippen LogP contribution in [0.2, 0.25) is 0 Å². The van der Waals surface area contributed by atoms with E-state index in [4.69, 9.17) is 0 Å². The number of para-hydroxylation sites is 1. The minimum Gasteiger partial charge on any atom is -0.288 e. The fourth-order valence-corrected chi connectivity index (χ4v) is 3.22. The summed E-state index contributed by atoms with van der Waals surface area (Å²) in [4.78, 5) is 20.9. The number of ketones is 1. The second-order valence-electron chi connectivity index (χ2n) is 3.69. The summed E-state index contributed by atoms with van der Waals surface area (Å²) in [5.41, 5.74) is 2.62. The smallest absolute Gasteiger partial charge is 0.197 e. The lowest BCUT2D eigenvalue weighted by Crippen LogP contribution is -2.02. The van der Waals surface area contributed by atoms with Crippen molar-refractivity contribution in [1.29, 1.82) is 0 Å². The zero-order valence-electron chi connectivity index (χ0n) is 9.13. The molecule has 3 aromatic rings. The number of thiophene rings is 1. The van der Waals surface area contributed by atoms with E-state index in [9.17, 15) is 4.79 Å². The molecule has 0 atom stereocenters. The molecule has 5 heteroatoms. The van der Waals surface area contributed by atoms with E-state index in [1.165, 1.54) is 11.3 Å². The van der Waals surface area contributed by atoms with Gasteiger partial charge in [-0.05, 0) is 28.1 Å². The zero-order valence-corrected chi connectivity index (χ0v) is 11.5. The van der Waals surface area contributed by atoms with Crippen molar-refractivity contribution < 1.29 is 4.79 Å². The number of aromatic nitrogens is 2. The van der Waals surface area contributed by atoms with Crippen LogP contribution in [0.3, 0.4) is 0 Å². The van der Waals surface area contributed by atoms with Crippen molar-refractivity contribution in [1.82, 2.24) is 9.97 Å². The third kappa shape index (κ3) is 1.85. The molecule has 0 unspecified atom stereocenters. The number of nitrogens with zero attached hydrogens (tertiary/aromatic N) is 2. The van der Waals surface area contributed by atoms with Crippen molar-refractivity contribution in [3.05, 3.63) is 57.0 Å². The molecule has 88 valence electrons. The molecule has 0 spiro atoms. The minimum absolute atomic E-state index is 0.0331. The molecule has 0 bridgehead atoms. The topological polar surface area (TPSA) is 42.9 Å². The molecule has 3 nitrogen and oxygen atoms in total. The summed E-state index contributed by atoms with van der Waals surface area (Å²) in [7, 11) is 0. The Morgan fingerprint density at radius 3 is 2.72 bits per heavy atom.